The average Bonchev–Trinajstić information content (AvgIpc) is 3.00. The van der Waals surface area contributed by atoms with Crippen LogP contribution in [0.3, 0.4) is 0 Å². The predicted molar refractivity (Wildman–Crippen MR) is 58.8 cm³/mol. The molecule has 0 aliphatic heterocycles. The molecule has 0 spiro atoms. The van der Waals surface area contributed by atoms with Crippen molar-refractivity contribution in [3.05, 3.63) is 28.5 Å². The number of hydrogen-bond acceptors (Lipinski definition) is 2. The Balaban J connectivity index is 2.30. The standard InChI is InChI=1S/C11H11ClFNO2/c12-7-2-1-6(8(13)9(7)14)5-11(3-4-11)10(15)16/h1-2H,3-5,14H2,(H,15,16). The van der Waals surface area contributed by atoms with Gasteiger partial charge in [0.15, 0.2) is 5.82 Å². The summed E-state index contributed by atoms with van der Waals surface area (Å²) >= 11 is 5.65. The second kappa shape index (κ2) is 3.63. The van der Waals surface area contributed by atoms with Crippen LogP contribution in [0.4, 0.5) is 10.1 Å². The largest absolute Gasteiger partial charge is 0.481 e. The van der Waals surface area contributed by atoms with Gasteiger partial charge in [0.1, 0.15) is 0 Å². The van der Waals surface area contributed by atoms with Gasteiger partial charge in [0.05, 0.1) is 16.1 Å². The fraction of sp³-hybridized carbons (Fsp3) is 0.364. The number of anilines is 1. The van der Waals surface area contributed by atoms with Crippen molar-refractivity contribution in [3.63, 3.8) is 0 Å². The Morgan fingerprint density at radius 1 is 1.56 bits per heavy atom. The number of hydrogen-bond donors (Lipinski definition) is 2. The third-order valence-electron chi connectivity index (χ3n) is 3.04. The van der Waals surface area contributed by atoms with Crippen molar-refractivity contribution < 1.29 is 14.3 Å². The molecular weight excluding hydrogens is 233 g/mol. The van der Waals surface area contributed by atoms with Crippen molar-refractivity contribution in [2.24, 2.45) is 5.41 Å². The number of aliphatic carboxylic acids is 1. The van der Waals surface area contributed by atoms with Crippen LogP contribution >= 0.6 is 11.6 Å². The van der Waals surface area contributed by atoms with E-state index in [2.05, 4.69) is 0 Å². The van der Waals surface area contributed by atoms with Crippen molar-refractivity contribution in [1.29, 1.82) is 0 Å². The summed E-state index contributed by atoms with van der Waals surface area (Å²) in [6.07, 6.45) is 1.35. The molecule has 3 nitrogen and oxygen atoms in total. The maximum Gasteiger partial charge on any atom is 0.309 e. The number of nitrogens with two attached hydrogens (primary N) is 1. The van der Waals surface area contributed by atoms with E-state index >= 15 is 0 Å². The Morgan fingerprint density at radius 2 is 2.19 bits per heavy atom. The van der Waals surface area contributed by atoms with E-state index in [1.54, 1.807) is 0 Å². The van der Waals surface area contributed by atoms with E-state index in [0.717, 1.165) is 0 Å². The summed E-state index contributed by atoms with van der Waals surface area (Å²) in [5, 5.41) is 9.15. The first-order valence-electron chi connectivity index (χ1n) is 4.92. The number of halogens is 2. The highest BCUT2D eigenvalue weighted by molar-refractivity contribution is 6.33. The van der Waals surface area contributed by atoms with Gasteiger partial charge in [-0.05, 0) is 30.9 Å². The molecule has 1 fully saturated rings. The molecule has 0 heterocycles. The Morgan fingerprint density at radius 3 is 2.69 bits per heavy atom. The lowest BCUT2D eigenvalue weighted by Crippen LogP contribution is -2.18. The van der Waals surface area contributed by atoms with Crippen LogP contribution in [0.25, 0.3) is 0 Å². The van der Waals surface area contributed by atoms with Crippen LogP contribution in [0.5, 0.6) is 0 Å². The maximum absolute atomic E-state index is 13.7. The third-order valence-corrected chi connectivity index (χ3v) is 3.37. The first-order chi connectivity index (χ1) is 7.46. The molecule has 5 heteroatoms. The summed E-state index contributed by atoms with van der Waals surface area (Å²) in [6, 6.07) is 2.99. The van der Waals surface area contributed by atoms with E-state index in [0.29, 0.717) is 18.4 Å². The van der Waals surface area contributed by atoms with E-state index in [9.17, 15) is 9.18 Å². The predicted octanol–water partition coefficient (Wildman–Crippen LogP) is 2.47. The van der Waals surface area contributed by atoms with Crippen molar-refractivity contribution in [1.82, 2.24) is 0 Å². The smallest absolute Gasteiger partial charge is 0.309 e. The molecule has 0 amide bonds. The highest BCUT2D eigenvalue weighted by atomic mass is 35.5. The van der Waals surface area contributed by atoms with E-state index < -0.39 is 17.2 Å². The Labute approximate surface area is 97.0 Å². The van der Waals surface area contributed by atoms with Gasteiger partial charge < -0.3 is 10.8 Å². The maximum atomic E-state index is 13.7. The number of benzene rings is 1. The van der Waals surface area contributed by atoms with Crippen molar-refractivity contribution in [2.75, 3.05) is 5.73 Å². The van der Waals surface area contributed by atoms with E-state index in [4.69, 9.17) is 22.4 Å². The van der Waals surface area contributed by atoms with Gasteiger partial charge >= 0.3 is 5.97 Å². The zero-order chi connectivity index (χ0) is 11.9. The lowest BCUT2D eigenvalue weighted by Gasteiger charge is -2.11. The minimum atomic E-state index is -0.875. The van der Waals surface area contributed by atoms with Crippen LogP contribution in [-0.2, 0) is 11.2 Å². The molecule has 1 saturated carbocycles. The first-order valence-corrected chi connectivity index (χ1v) is 5.30. The van der Waals surface area contributed by atoms with Gasteiger partial charge in [-0.1, -0.05) is 17.7 Å². The average molecular weight is 244 g/mol. The van der Waals surface area contributed by atoms with Crippen LogP contribution in [0.1, 0.15) is 18.4 Å². The molecule has 0 unspecified atom stereocenters. The van der Waals surface area contributed by atoms with Crippen molar-refractivity contribution in [3.8, 4) is 0 Å². The number of nitrogen functional groups attached to an aromatic ring is 1. The normalized spacial score (nSPS) is 17.1. The molecule has 0 saturated heterocycles. The number of carboxylic acid groups (broad SMARTS) is 1. The van der Waals surface area contributed by atoms with E-state index in [1.807, 2.05) is 0 Å². The summed E-state index contributed by atoms with van der Waals surface area (Å²) < 4.78 is 13.7. The Kier molecular flexibility index (Phi) is 2.54. The number of carboxylic acids is 1. The molecule has 86 valence electrons. The first kappa shape index (κ1) is 11.2. The van der Waals surface area contributed by atoms with Gasteiger partial charge in [-0.3, -0.25) is 4.79 Å². The monoisotopic (exact) mass is 243 g/mol. The highest BCUT2D eigenvalue weighted by Crippen LogP contribution is 2.49. The minimum Gasteiger partial charge on any atom is -0.481 e. The van der Waals surface area contributed by atoms with Gasteiger partial charge in [0.2, 0.25) is 0 Å². The van der Waals surface area contributed by atoms with E-state index in [1.165, 1.54) is 12.1 Å². The van der Waals surface area contributed by atoms with Gasteiger partial charge in [0.25, 0.3) is 0 Å². The number of rotatable bonds is 3. The summed E-state index contributed by atoms with van der Waals surface area (Å²) in [7, 11) is 0. The second-order valence-corrected chi connectivity index (χ2v) is 4.60. The molecule has 2 rings (SSSR count). The molecule has 0 atom stereocenters. The van der Waals surface area contributed by atoms with Crippen LogP contribution in [0.15, 0.2) is 12.1 Å². The summed E-state index contributed by atoms with van der Waals surface area (Å²) in [4.78, 5) is 11.0. The molecule has 1 aromatic carbocycles. The quantitative estimate of drug-likeness (QED) is 0.802. The van der Waals surface area contributed by atoms with Crippen molar-refractivity contribution in [2.45, 2.75) is 19.3 Å². The van der Waals surface area contributed by atoms with Gasteiger partial charge in [-0.25, -0.2) is 4.39 Å². The topological polar surface area (TPSA) is 63.3 Å². The molecule has 0 aromatic heterocycles. The molecular formula is C11H11ClFNO2. The zero-order valence-electron chi connectivity index (χ0n) is 8.46. The lowest BCUT2D eigenvalue weighted by molar-refractivity contribution is -0.143. The van der Waals surface area contributed by atoms with Gasteiger partial charge in [-0.2, -0.15) is 0 Å². The second-order valence-electron chi connectivity index (χ2n) is 4.20. The SMILES string of the molecule is Nc1c(Cl)ccc(CC2(C(=O)O)CC2)c1F. The van der Waals surface area contributed by atoms with Crippen LogP contribution in [0, 0.1) is 11.2 Å². The molecule has 1 aromatic rings. The molecule has 16 heavy (non-hydrogen) atoms. The lowest BCUT2D eigenvalue weighted by atomic mass is 9.96. The van der Waals surface area contributed by atoms with Crippen molar-refractivity contribution >= 4 is 23.3 Å². The van der Waals surface area contributed by atoms with Gasteiger partial charge in [-0.15, -0.1) is 0 Å². The Hall–Kier alpha value is -1.29. The summed E-state index contributed by atoms with van der Waals surface area (Å²) in [5.74, 6) is -1.47. The fourth-order valence-electron chi connectivity index (χ4n) is 1.73. The van der Waals surface area contributed by atoms with Crippen LogP contribution < -0.4 is 5.73 Å². The van der Waals surface area contributed by atoms with Crippen LogP contribution in [0.2, 0.25) is 5.02 Å². The molecule has 0 bridgehead atoms. The summed E-state index contributed by atoms with van der Waals surface area (Å²) in [6.45, 7) is 0. The number of carbonyl (C=O) groups is 1. The zero-order valence-corrected chi connectivity index (χ0v) is 9.22. The van der Waals surface area contributed by atoms with Gasteiger partial charge in [0, 0.05) is 0 Å². The molecule has 3 N–H and O–H groups in total. The molecule has 0 radical (unpaired) electrons. The van der Waals surface area contributed by atoms with E-state index in [-0.39, 0.29) is 17.1 Å². The fourth-order valence-corrected chi connectivity index (χ4v) is 1.88. The molecule has 1 aliphatic rings. The Bertz CT molecular complexity index is 458. The summed E-state index contributed by atoms with van der Waals surface area (Å²) in [5.41, 5.74) is 4.86. The molecule has 1 aliphatic carbocycles. The third kappa shape index (κ3) is 1.73. The highest BCUT2D eigenvalue weighted by Gasteiger charge is 2.50. The van der Waals surface area contributed by atoms with Crippen LogP contribution in [-0.4, -0.2) is 11.1 Å². The minimum absolute atomic E-state index is 0.111.